The van der Waals surface area contributed by atoms with Gasteiger partial charge in [-0.15, -0.1) is 0 Å². The minimum Gasteiger partial charge on any atom is -0.494 e. The van der Waals surface area contributed by atoms with E-state index in [1.54, 1.807) is 0 Å². The predicted molar refractivity (Wildman–Crippen MR) is 112 cm³/mol. The van der Waals surface area contributed by atoms with Crippen molar-refractivity contribution in [2.75, 3.05) is 26.3 Å². The Hall–Kier alpha value is -2.04. The number of nitrogens with zero attached hydrogens (tertiary/aromatic N) is 1. The maximum absolute atomic E-state index is 12.8. The molecule has 2 aromatic carbocycles. The number of ether oxygens (including phenoxy) is 2. The van der Waals surface area contributed by atoms with Crippen LogP contribution >= 0.6 is 11.6 Å². The van der Waals surface area contributed by atoms with E-state index in [1.807, 2.05) is 55.5 Å². The molecule has 0 amide bonds. The molecule has 0 unspecified atom stereocenters. The molecular formula is C23H28ClNO3. The molecule has 1 heterocycles. The largest absolute Gasteiger partial charge is 0.494 e. The Kier molecular flexibility index (Phi) is 7.35. The first-order valence-electron chi connectivity index (χ1n) is 9.94. The summed E-state index contributed by atoms with van der Waals surface area (Å²) >= 11 is 6.30. The van der Waals surface area contributed by atoms with E-state index in [0.29, 0.717) is 19.6 Å². The molecule has 1 fully saturated rings. The average molecular weight is 402 g/mol. The van der Waals surface area contributed by atoms with Gasteiger partial charge in [0.25, 0.3) is 0 Å². The van der Waals surface area contributed by atoms with Gasteiger partial charge in [-0.05, 0) is 63.0 Å². The highest BCUT2D eigenvalue weighted by molar-refractivity contribution is 6.31. The van der Waals surface area contributed by atoms with Crippen molar-refractivity contribution in [1.29, 1.82) is 0 Å². The number of rotatable bonds is 8. The lowest BCUT2D eigenvalue weighted by Crippen LogP contribution is -2.45. The summed E-state index contributed by atoms with van der Waals surface area (Å²) in [6, 6.07) is 17.7. The van der Waals surface area contributed by atoms with Gasteiger partial charge in [0.1, 0.15) is 5.75 Å². The number of para-hydroxylation sites is 1. The zero-order valence-electron chi connectivity index (χ0n) is 16.4. The first-order chi connectivity index (χ1) is 13.6. The Morgan fingerprint density at radius 2 is 1.75 bits per heavy atom. The second-order valence-corrected chi connectivity index (χ2v) is 7.69. The third-order valence-electron chi connectivity index (χ3n) is 5.47. The number of carbonyl (C=O) groups is 1. The molecule has 28 heavy (non-hydrogen) atoms. The molecule has 0 aliphatic carbocycles. The highest BCUT2D eigenvalue weighted by Crippen LogP contribution is 2.37. The molecule has 0 bridgehead atoms. The third-order valence-corrected chi connectivity index (χ3v) is 5.83. The van der Waals surface area contributed by atoms with Crippen LogP contribution < -0.4 is 4.74 Å². The van der Waals surface area contributed by atoms with Gasteiger partial charge in [-0.1, -0.05) is 48.0 Å². The fourth-order valence-corrected chi connectivity index (χ4v) is 3.92. The minimum atomic E-state index is -0.470. The number of esters is 1. The number of halogens is 1. The van der Waals surface area contributed by atoms with Gasteiger partial charge in [0.05, 0.1) is 18.6 Å². The first kappa shape index (κ1) is 20.7. The summed E-state index contributed by atoms with van der Waals surface area (Å²) in [5, 5.41) is 0.793. The van der Waals surface area contributed by atoms with E-state index >= 15 is 0 Å². The van der Waals surface area contributed by atoms with Crippen molar-refractivity contribution < 1.29 is 14.3 Å². The van der Waals surface area contributed by atoms with E-state index in [1.165, 1.54) is 0 Å². The Balaban J connectivity index is 1.60. The summed E-state index contributed by atoms with van der Waals surface area (Å²) in [6.07, 6.45) is 2.21. The van der Waals surface area contributed by atoms with E-state index < -0.39 is 5.41 Å². The summed E-state index contributed by atoms with van der Waals surface area (Å²) in [5.41, 5.74) is 0.655. The number of hydrogen-bond donors (Lipinski definition) is 0. The summed E-state index contributed by atoms with van der Waals surface area (Å²) < 4.78 is 11.3. The monoisotopic (exact) mass is 401 g/mol. The normalized spacial score (nSPS) is 16.5. The van der Waals surface area contributed by atoms with Crippen LogP contribution in [0.4, 0.5) is 0 Å². The van der Waals surface area contributed by atoms with Crippen LogP contribution in [0.5, 0.6) is 5.75 Å². The van der Waals surface area contributed by atoms with Crippen molar-refractivity contribution >= 4 is 17.6 Å². The van der Waals surface area contributed by atoms with Crippen LogP contribution in [0.25, 0.3) is 0 Å². The number of piperidine rings is 1. The first-order valence-corrected chi connectivity index (χ1v) is 10.3. The molecule has 0 aromatic heterocycles. The van der Waals surface area contributed by atoms with Crippen LogP contribution in [0.3, 0.4) is 0 Å². The van der Waals surface area contributed by atoms with E-state index in [-0.39, 0.29) is 5.97 Å². The SMILES string of the molecule is CCOC(=O)C1(CCOc2ccccc2)CCN(Cc2ccccc2Cl)CC1. The molecule has 0 N–H and O–H groups in total. The van der Waals surface area contributed by atoms with Crippen molar-refractivity contribution in [3.05, 3.63) is 65.2 Å². The molecule has 4 nitrogen and oxygen atoms in total. The lowest BCUT2D eigenvalue weighted by atomic mass is 9.75. The van der Waals surface area contributed by atoms with Gasteiger partial charge in [0.2, 0.25) is 0 Å². The van der Waals surface area contributed by atoms with Crippen molar-refractivity contribution in [3.63, 3.8) is 0 Å². The quantitative estimate of drug-likeness (QED) is 0.586. The van der Waals surface area contributed by atoms with E-state index in [0.717, 1.165) is 48.8 Å². The van der Waals surface area contributed by atoms with Crippen molar-refractivity contribution in [3.8, 4) is 5.75 Å². The molecule has 0 radical (unpaired) electrons. The highest BCUT2D eigenvalue weighted by Gasteiger charge is 2.42. The maximum Gasteiger partial charge on any atom is 0.312 e. The molecule has 5 heteroatoms. The average Bonchev–Trinajstić information content (AvgIpc) is 2.72. The molecule has 1 saturated heterocycles. The molecular weight excluding hydrogens is 374 g/mol. The van der Waals surface area contributed by atoms with Crippen LogP contribution in [-0.4, -0.2) is 37.2 Å². The zero-order chi connectivity index (χ0) is 19.8. The molecule has 0 saturated carbocycles. The van der Waals surface area contributed by atoms with Crippen molar-refractivity contribution in [2.24, 2.45) is 5.41 Å². The highest BCUT2D eigenvalue weighted by atomic mass is 35.5. The summed E-state index contributed by atoms with van der Waals surface area (Å²) in [7, 11) is 0. The standard InChI is InChI=1S/C23H28ClNO3/c1-2-27-22(26)23(14-17-28-20-9-4-3-5-10-20)12-15-25(16-13-23)18-19-8-6-7-11-21(19)24/h3-11H,2,12-18H2,1H3. The number of likely N-dealkylation sites (tertiary alicyclic amines) is 1. The van der Waals surface area contributed by atoms with E-state index in [2.05, 4.69) is 11.0 Å². The van der Waals surface area contributed by atoms with Gasteiger partial charge < -0.3 is 9.47 Å². The topological polar surface area (TPSA) is 38.8 Å². The van der Waals surface area contributed by atoms with E-state index in [4.69, 9.17) is 21.1 Å². The summed E-state index contributed by atoms with van der Waals surface area (Å²) in [6.45, 7) is 5.26. The number of benzene rings is 2. The summed E-state index contributed by atoms with van der Waals surface area (Å²) in [5.74, 6) is 0.738. The predicted octanol–water partition coefficient (Wildman–Crippen LogP) is 4.95. The molecule has 3 rings (SSSR count). The zero-order valence-corrected chi connectivity index (χ0v) is 17.2. The van der Waals surface area contributed by atoms with Crippen LogP contribution in [-0.2, 0) is 16.1 Å². The third kappa shape index (κ3) is 5.27. The molecule has 0 spiro atoms. The number of carbonyl (C=O) groups excluding carboxylic acids is 1. The molecule has 1 aliphatic rings. The fraction of sp³-hybridized carbons (Fsp3) is 0.435. The van der Waals surface area contributed by atoms with Gasteiger partial charge in [-0.2, -0.15) is 0 Å². The lowest BCUT2D eigenvalue weighted by molar-refractivity contribution is -0.159. The molecule has 2 aromatic rings. The van der Waals surface area contributed by atoms with E-state index in [9.17, 15) is 4.79 Å². The van der Waals surface area contributed by atoms with Gasteiger partial charge in [-0.3, -0.25) is 9.69 Å². The van der Waals surface area contributed by atoms with Crippen LogP contribution in [0, 0.1) is 5.41 Å². The van der Waals surface area contributed by atoms with Gasteiger partial charge in [0.15, 0.2) is 0 Å². The summed E-state index contributed by atoms with van der Waals surface area (Å²) in [4.78, 5) is 15.1. The fourth-order valence-electron chi connectivity index (χ4n) is 3.73. The molecule has 1 aliphatic heterocycles. The Labute approximate surface area is 172 Å². The Morgan fingerprint density at radius 1 is 1.07 bits per heavy atom. The Morgan fingerprint density at radius 3 is 2.43 bits per heavy atom. The van der Waals surface area contributed by atoms with Gasteiger partial charge >= 0.3 is 5.97 Å². The minimum absolute atomic E-state index is 0.0935. The van der Waals surface area contributed by atoms with Crippen molar-refractivity contribution in [1.82, 2.24) is 4.90 Å². The van der Waals surface area contributed by atoms with Crippen LogP contribution in [0.1, 0.15) is 31.7 Å². The smallest absolute Gasteiger partial charge is 0.312 e. The van der Waals surface area contributed by atoms with Crippen molar-refractivity contribution in [2.45, 2.75) is 32.7 Å². The molecule has 0 atom stereocenters. The second kappa shape index (κ2) is 9.94. The van der Waals surface area contributed by atoms with Crippen LogP contribution in [0.15, 0.2) is 54.6 Å². The number of hydrogen-bond acceptors (Lipinski definition) is 4. The Bertz CT molecular complexity index is 757. The van der Waals surface area contributed by atoms with Gasteiger partial charge in [-0.25, -0.2) is 0 Å². The lowest BCUT2D eigenvalue weighted by Gasteiger charge is -2.40. The maximum atomic E-state index is 12.8. The molecule has 150 valence electrons. The van der Waals surface area contributed by atoms with Gasteiger partial charge in [0, 0.05) is 11.6 Å². The van der Waals surface area contributed by atoms with Crippen LogP contribution in [0.2, 0.25) is 5.02 Å². The second-order valence-electron chi connectivity index (χ2n) is 7.28.